The maximum atomic E-state index is 11.5. The van der Waals surface area contributed by atoms with E-state index < -0.39 is 0 Å². The SMILES string of the molecule is CC[C@@H](CO)NC(=O)Cc1ccccn1. The van der Waals surface area contributed by atoms with E-state index in [0.29, 0.717) is 0 Å². The number of carbonyl (C=O) groups excluding carboxylic acids is 1. The van der Waals surface area contributed by atoms with E-state index in [2.05, 4.69) is 10.3 Å². The molecule has 1 heterocycles. The molecule has 0 fully saturated rings. The lowest BCUT2D eigenvalue weighted by molar-refractivity contribution is -0.121. The number of pyridine rings is 1. The summed E-state index contributed by atoms with van der Waals surface area (Å²) in [5, 5.41) is 11.6. The number of aliphatic hydroxyl groups is 1. The molecule has 4 nitrogen and oxygen atoms in total. The molecule has 0 saturated carbocycles. The summed E-state index contributed by atoms with van der Waals surface area (Å²) in [7, 11) is 0. The fraction of sp³-hybridized carbons (Fsp3) is 0.455. The number of hydrogen-bond donors (Lipinski definition) is 2. The van der Waals surface area contributed by atoms with Gasteiger partial charge in [-0.05, 0) is 18.6 Å². The Hall–Kier alpha value is -1.42. The summed E-state index contributed by atoms with van der Waals surface area (Å²) < 4.78 is 0. The van der Waals surface area contributed by atoms with Crippen molar-refractivity contribution in [1.82, 2.24) is 10.3 Å². The minimum absolute atomic E-state index is 0.0234. The van der Waals surface area contributed by atoms with Crippen LogP contribution >= 0.6 is 0 Å². The van der Waals surface area contributed by atoms with Gasteiger partial charge in [-0.15, -0.1) is 0 Å². The number of nitrogens with one attached hydrogen (secondary N) is 1. The van der Waals surface area contributed by atoms with Crippen molar-refractivity contribution in [3.63, 3.8) is 0 Å². The van der Waals surface area contributed by atoms with Crippen molar-refractivity contribution in [3.8, 4) is 0 Å². The van der Waals surface area contributed by atoms with Crippen molar-refractivity contribution >= 4 is 5.91 Å². The summed E-state index contributed by atoms with van der Waals surface area (Å²) in [6.07, 6.45) is 2.65. The van der Waals surface area contributed by atoms with E-state index >= 15 is 0 Å². The molecule has 0 bridgehead atoms. The molecule has 1 aromatic rings. The first-order valence-electron chi connectivity index (χ1n) is 5.06. The van der Waals surface area contributed by atoms with E-state index in [1.54, 1.807) is 12.3 Å². The first-order chi connectivity index (χ1) is 7.26. The van der Waals surface area contributed by atoms with Crippen LogP contribution in [0.4, 0.5) is 0 Å². The molecule has 1 rings (SSSR count). The zero-order chi connectivity index (χ0) is 11.1. The second-order valence-corrected chi connectivity index (χ2v) is 3.35. The van der Waals surface area contributed by atoms with Crippen LogP contribution in [0.3, 0.4) is 0 Å². The van der Waals surface area contributed by atoms with Crippen molar-refractivity contribution in [2.75, 3.05) is 6.61 Å². The van der Waals surface area contributed by atoms with Crippen molar-refractivity contribution in [2.45, 2.75) is 25.8 Å². The third-order valence-electron chi connectivity index (χ3n) is 2.15. The quantitative estimate of drug-likeness (QED) is 0.741. The number of amides is 1. The lowest BCUT2D eigenvalue weighted by atomic mass is 10.2. The molecule has 1 atom stereocenters. The van der Waals surface area contributed by atoms with Gasteiger partial charge in [-0.2, -0.15) is 0 Å². The summed E-state index contributed by atoms with van der Waals surface area (Å²) in [5.74, 6) is -0.102. The highest BCUT2D eigenvalue weighted by molar-refractivity contribution is 5.78. The van der Waals surface area contributed by atoms with Gasteiger partial charge in [0, 0.05) is 11.9 Å². The molecule has 0 unspecified atom stereocenters. The van der Waals surface area contributed by atoms with Gasteiger partial charge < -0.3 is 10.4 Å². The van der Waals surface area contributed by atoms with E-state index in [1.165, 1.54) is 0 Å². The summed E-state index contributed by atoms with van der Waals surface area (Å²) in [6.45, 7) is 1.90. The second-order valence-electron chi connectivity index (χ2n) is 3.35. The Bertz CT molecular complexity index is 297. The molecule has 15 heavy (non-hydrogen) atoms. The predicted molar refractivity (Wildman–Crippen MR) is 57.2 cm³/mol. The van der Waals surface area contributed by atoms with Gasteiger partial charge in [0.15, 0.2) is 0 Å². The highest BCUT2D eigenvalue weighted by Gasteiger charge is 2.09. The van der Waals surface area contributed by atoms with Crippen LogP contribution in [0.15, 0.2) is 24.4 Å². The molecule has 0 aliphatic carbocycles. The van der Waals surface area contributed by atoms with Crippen LogP contribution in [0.1, 0.15) is 19.0 Å². The molecule has 0 aliphatic heterocycles. The monoisotopic (exact) mass is 208 g/mol. The summed E-state index contributed by atoms with van der Waals surface area (Å²) in [6, 6.07) is 5.31. The third-order valence-corrected chi connectivity index (χ3v) is 2.15. The van der Waals surface area contributed by atoms with Gasteiger partial charge >= 0.3 is 0 Å². The lowest BCUT2D eigenvalue weighted by Crippen LogP contribution is -2.37. The molecule has 0 radical (unpaired) electrons. The van der Waals surface area contributed by atoms with E-state index in [1.807, 2.05) is 19.1 Å². The number of hydrogen-bond acceptors (Lipinski definition) is 3. The average Bonchev–Trinajstić information content (AvgIpc) is 2.27. The highest BCUT2D eigenvalue weighted by Crippen LogP contribution is 1.96. The minimum atomic E-state index is -0.152. The largest absolute Gasteiger partial charge is 0.394 e. The Morgan fingerprint density at radius 3 is 2.93 bits per heavy atom. The second kappa shape index (κ2) is 6.14. The number of aliphatic hydroxyl groups excluding tert-OH is 1. The molecule has 2 N–H and O–H groups in total. The van der Waals surface area contributed by atoms with E-state index in [-0.39, 0.29) is 25.0 Å². The van der Waals surface area contributed by atoms with E-state index in [4.69, 9.17) is 5.11 Å². The molecule has 0 spiro atoms. The minimum Gasteiger partial charge on any atom is -0.394 e. The van der Waals surface area contributed by atoms with Crippen LogP contribution in [-0.2, 0) is 11.2 Å². The molecular formula is C11H16N2O2. The van der Waals surface area contributed by atoms with Gasteiger partial charge in [0.05, 0.1) is 19.1 Å². The van der Waals surface area contributed by atoms with Crippen LogP contribution in [0, 0.1) is 0 Å². The van der Waals surface area contributed by atoms with Crippen LogP contribution in [0.2, 0.25) is 0 Å². The van der Waals surface area contributed by atoms with E-state index in [9.17, 15) is 4.79 Å². The Morgan fingerprint density at radius 1 is 1.60 bits per heavy atom. The molecule has 1 aromatic heterocycles. The van der Waals surface area contributed by atoms with Gasteiger partial charge in [-0.1, -0.05) is 13.0 Å². The number of nitrogens with zero attached hydrogens (tertiary/aromatic N) is 1. The van der Waals surface area contributed by atoms with Crippen LogP contribution in [-0.4, -0.2) is 28.6 Å². The van der Waals surface area contributed by atoms with Crippen molar-refractivity contribution < 1.29 is 9.90 Å². The number of aromatic nitrogens is 1. The Kier molecular flexibility index (Phi) is 4.77. The number of rotatable bonds is 5. The Labute approximate surface area is 89.3 Å². The molecule has 0 aliphatic rings. The zero-order valence-electron chi connectivity index (χ0n) is 8.81. The fourth-order valence-corrected chi connectivity index (χ4v) is 1.22. The summed E-state index contributed by atoms with van der Waals surface area (Å²) in [4.78, 5) is 15.5. The topological polar surface area (TPSA) is 62.2 Å². The average molecular weight is 208 g/mol. The molecule has 0 aromatic carbocycles. The Morgan fingerprint density at radius 2 is 2.40 bits per heavy atom. The maximum absolute atomic E-state index is 11.5. The summed E-state index contributed by atoms with van der Waals surface area (Å²) >= 11 is 0. The smallest absolute Gasteiger partial charge is 0.226 e. The molecular weight excluding hydrogens is 192 g/mol. The van der Waals surface area contributed by atoms with Gasteiger partial charge in [0.1, 0.15) is 0 Å². The Balaban J connectivity index is 2.43. The van der Waals surface area contributed by atoms with Crippen molar-refractivity contribution in [1.29, 1.82) is 0 Å². The third kappa shape index (κ3) is 4.08. The summed E-state index contributed by atoms with van der Waals surface area (Å²) in [5.41, 5.74) is 0.739. The van der Waals surface area contributed by atoms with Crippen molar-refractivity contribution in [2.24, 2.45) is 0 Å². The normalized spacial score (nSPS) is 12.1. The molecule has 1 amide bonds. The predicted octanol–water partition coefficient (Wildman–Crippen LogP) is 0.511. The van der Waals surface area contributed by atoms with Gasteiger partial charge in [0.25, 0.3) is 0 Å². The maximum Gasteiger partial charge on any atom is 0.226 e. The first-order valence-corrected chi connectivity index (χ1v) is 5.06. The van der Waals surface area contributed by atoms with Crippen LogP contribution in [0.25, 0.3) is 0 Å². The fourth-order valence-electron chi connectivity index (χ4n) is 1.22. The van der Waals surface area contributed by atoms with Crippen molar-refractivity contribution in [3.05, 3.63) is 30.1 Å². The standard InChI is InChI=1S/C11H16N2O2/c1-2-9(8-14)13-11(15)7-10-5-3-4-6-12-10/h3-6,9,14H,2,7-8H2,1H3,(H,13,15)/t9-/m0/s1. The first kappa shape index (κ1) is 11.7. The zero-order valence-corrected chi connectivity index (χ0v) is 8.81. The van der Waals surface area contributed by atoms with Gasteiger partial charge in [-0.25, -0.2) is 0 Å². The van der Waals surface area contributed by atoms with Gasteiger partial charge in [0.2, 0.25) is 5.91 Å². The van der Waals surface area contributed by atoms with Crippen LogP contribution in [0.5, 0.6) is 0 Å². The highest BCUT2D eigenvalue weighted by atomic mass is 16.3. The molecule has 0 saturated heterocycles. The molecule has 4 heteroatoms. The van der Waals surface area contributed by atoms with Gasteiger partial charge in [-0.3, -0.25) is 9.78 Å². The molecule has 82 valence electrons. The number of carbonyl (C=O) groups is 1. The lowest BCUT2D eigenvalue weighted by Gasteiger charge is -2.13. The van der Waals surface area contributed by atoms with E-state index in [0.717, 1.165) is 12.1 Å². The van der Waals surface area contributed by atoms with Crippen LogP contribution < -0.4 is 5.32 Å².